The van der Waals surface area contributed by atoms with Gasteiger partial charge in [0.15, 0.2) is 0 Å². The van der Waals surface area contributed by atoms with E-state index in [2.05, 4.69) is 10.6 Å². The molecular weight excluding hydrogens is 440 g/mol. The number of rotatable bonds is 8. The number of nitro groups is 1. The number of amides is 2. The van der Waals surface area contributed by atoms with Gasteiger partial charge in [0.1, 0.15) is 23.8 Å². The Morgan fingerprint density at radius 2 is 1.84 bits per heavy atom. The highest BCUT2D eigenvalue weighted by Gasteiger charge is 2.28. The number of alkyl halides is 3. The summed E-state index contributed by atoms with van der Waals surface area (Å²) >= 11 is 0. The monoisotopic (exact) mass is 458 g/mol. The number of methoxy groups -OCH3 is 1. The van der Waals surface area contributed by atoms with Gasteiger partial charge >= 0.3 is 6.18 Å². The van der Waals surface area contributed by atoms with E-state index in [-0.39, 0.29) is 28.3 Å². The van der Waals surface area contributed by atoms with E-state index in [1.807, 2.05) is 0 Å². The third-order valence-electron chi connectivity index (χ3n) is 4.17. The minimum absolute atomic E-state index is 0.0125. The maximum Gasteiger partial charge on any atom is 0.405 e. The zero-order valence-electron chi connectivity index (χ0n) is 16.8. The standard InChI is InChI=1S/C19H18F4N4O5/c1-10-13(20)5-11(18(29)25-9-19(21,22)23)6-15(10)24-8-17(28)26-14-4-3-12(32-2)7-16(14)27(30)31/h3-7,24H,8-9H2,1-2H3,(H,25,29)(H,26,28). The molecule has 0 aromatic heterocycles. The minimum atomic E-state index is -4.64. The van der Waals surface area contributed by atoms with Crippen LogP contribution < -0.4 is 20.7 Å². The second kappa shape index (κ2) is 9.94. The van der Waals surface area contributed by atoms with E-state index in [9.17, 15) is 37.3 Å². The molecule has 0 spiro atoms. The van der Waals surface area contributed by atoms with E-state index in [1.54, 1.807) is 5.32 Å². The van der Waals surface area contributed by atoms with E-state index in [1.165, 1.54) is 26.2 Å². The first-order valence-electron chi connectivity index (χ1n) is 8.92. The molecule has 0 heterocycles. The van der Waals surface area contributed by atoms with Gasteiger partial charge in [-0.3, -0.25) is 19.7 Å². The summed E-state index contributed by atoms with van der Waals surface area (Å²) in [5, 5.41) is 17.7. The molecule has 13 heteroatoms. The first-order valence-corrected chi connectivity index (χ1v) is 8.92. The fourth-order valence-electron chi connectivity index (χ4n) is 2.54. The van der Waals surface area contributed by atoms with Gasteiger partial charge in [0, 0.05) is 16.8 Å². The third kappa shape index (κ3) is 6.55. The molecule has 0 aliphatic heterocycles. The summed E-state index contributed by atoms with van der Waals surface area (Å²) in [7, 11) is 1.32. The molecular formula is C19H18F4N4O5. The number of nitro benzene ring substituents is 1. The Balaban J connectivity index is 2.12. The molecule has 0 unspecified atom stereocenters. The number of hydrogen-bond acceptors (Lipinski definition) is 6. The number of anilines is 2. The molecule has 0 atom stereocenters. The molecule has 172 valence electrons. The van der Waals surface area contributed by atoms with Gasteiger partial charge in [0.2, 0.25) is 5.91 Å². The lowest BCUT2D eigenvalue weighted by molar-refractivity contribution is -0.384. The van der Waals surface area contributed by atoms with E-state index < -0.39 is 47.5 Å². The van der Waals surface area contributed by atoms with Crippen molar-refractivity contribution in [3.8, 4) is 5.75 Å². The number of carbonyl (C=O) groups is 2. The second-order valence-corrected chi connectivity index (χ2v) is 6.47. The molecule has 0 saturated heterocycles. The van der Waals surface area contributed by atoms with Crippen molar-refractivity contribution in [2.75, 3.05) is 30.8 Å². The predicted octanol–water partition coefficient (Wildman–Crippen LogP) is 3.39. The molecule has 0 aliphatic rings. The average Bonchev–Trinajstić information content (AvgIpc) is 2.72. The Labute approximate surface area is 178 Å². The van der Waals surface area contributed by atoms with E-state index in [0.717, 1.165) is 18.2 Å². The fraction of sp³-hybridized carbons (Fsp3) is 0.263. The number of carbonyl (C=O) groups excluding carboxylic acids is 2. The first kappa shape index (κ1) is 24.4. The van der Waals surface area contributed by atoms with Crippen LogP contribution in [0.1, 0.15) is 15.9 Å². The highest BCUT2D eigenvalue weighted by Crippen LogP contribution is 2.29. The smallest absolute Gasteiger partial charge is 0.405 e. The SMILES string of the molecule is COc1ccc(NC(=O)CNc2cc(C(=O)NCC(F)(F)F)cc(F)c2C)c([N+](=O)[O-])c1. The minimum Gasteiger partial charge on any atom is -0.496 e. The molecule has 0 aliphatic carbocycles. The fourth-order valence-corrected chi connectivity index (χ4v) is 2.54. The van der Waals surface area contributed by atoms with Gasteiger partial charge in [-0.15, -0.1) is 0 Å². The van der Waals surface area contributed by atoms with Crippen molar-refractivity contribution >= 4 is 28.9 Å². The van der Waals surface area contributed by atoms with Crippen LogP contribution in [0.15, 0.2) is 30.3 Å². The van der Waals surface area contributed by atoms with Crippen molar-refractivity contribution in [2.45, 2.75) is 13.1 Å². The highest BCUT2D eigenvalue weighted by molar-refractivity contribution is 5.97. The normalized spacial score (nSPS) is 10.9. The van der Waals surface area contributed by atoms with E-state index in [0.29, 0.717) is 0 Å². The van der Waals surface area contributed by atoms with Crippen LogP contribution in [0.2, 0.25) is 0 Å². The number of nitrogens with one attached hydrogen (secondary N) is 3. The van der Waals surface area contributed by atoms with Gasteiger partial charge in [-0.2, -0.15) is 13.2 Å². The van der Waals surface area contributed by atoms with Crippen LogP contribution in [0.3, 0.4) is 0 Å². The summed E-state index contributed by atoms with van der Waals surface area (Å²) < 4.78 is 55.8. The number of ether oxygens (including phenoxy) is 1. The summed E-state index contributed by atoms with van der Waals surface area (Å²) in [5.41, 5.74) is -0.901. The lowest BCUT2D eigenvalue weighted by Crippen LogP contribution is -2.33. The molecule has 2 aromatic carbocycles. The zero-order valence-corrected chi connectivity index (χ0v) is 16.8. The topological polar surface area (TPSA) is 123 Å². The van der Waals surface area contributed by atoms with Crippen molar-refractivity contribution in [1.82, 2.24) is 5.32 Å². The van der Waals surface area contributed by atoms with Crippen LogP contribution in [-0.4, -0.2) is 43.1 Å². The molecule has 2 aromatic rings. The van der Waals surface area contributed by atoms with Gasteiger partial charge in [0.05, 0.1) is 24.6 Å². The molecule has 32 heavy (non-hydrogen) atoms. The second-order valence-electron chi connectivity index (χ2n) is 6.47. The Bertz CT molecular complexity index is 1040. The van der Waals surface area contributed by atoms with Crippen LogP contribution in [0, 0.1) is 22.9 Å². The summed E-state index contributed by atoms with van der Waals surface area (Å²) in [4.78, 5) is 34.6. The maximum atomic E-state index is 14.1. The Morgan fingerprint density at radius 3 is 2.44 bits per heavy atom. The molecule has 3 N–H and O–H groups in total. The lowest BCUT2D eigenvalue weighted by atomic mass is 10.1. The van der Waals surface area contributed by atoms with Gasteiger partial charge in [-0.05, 0) is 31.2 Å². The van der Waals surface area contributed by atoms with Crippen molar-refractivity contribution in [3.05, 3.63) is 57.4 Å². The largest absolute Gasteiger partial charge is 0.496 e. The average molecular weight is 458 g/mol. The molecule has 0 fully saturated rings. The van der Waals surface area contributed by atoms with Crippen molar-refractivity contribution in [2.24, 2.45) is 0 Å². The molecule has 0 bridgehead atoms. The number of nitrogens with zero attached hydrogens (tertiary/aromatic N) is 1. The van der Waals surface area contributed by atoms with Crippen LogP contribution in [-0.2, 0) is 4.79 Å². The third-order valence-corrected chi connectivity index (χ3v) is 4.17. The molecule has 0 saturated carbocycles. The van der Waals surface area contributed by atoms with Gasteiger partial charge < -0.3 is 20.7 Å². The Morgan fingerprint density at radius 1 is 1.16 bits per heavy atom. The predicted molar refractivity (Wildman–Crippen MR) is 106 cm³/mol. The summed E-state index contributed by atoms with van der Waals surface area (Å²) in [6.07, 6.45) is -4.64. The first-order chi connectivity index (χ1) is 14.9. The molecule has 2 amide bonds. The van der Waals surface area contributed by atoms with Crippen molar-refractivity contribution in [1.29, 1.82) is 0 Å². The zero-order chi connectivity index (χ0) is 24.1. The van der Waals surface area contributed by atoms with Gasteiger partial charge in [-0.25, -0.2) is 4.39 Å². The number of hydrogen-bond donors (Lipinski definition) is 3. The molecule has 9 nitrogen and oxygen atoms in total. The van der Waals surface area contributed by atoms with Crippen LogP contribution in [0.5, 0.6) is 5.75 Å². The van der Waals surface area contributed by atoms with E-state index >= 15 is 0 Å². The maximum absolute atomic E-state index is 14.1. The highest BCUT2D eigenvalue weighted by atomic mass is 19.4. The molecule has 0 radical (unpaired) electrons. The Hall–Kier alpha value is -3.90. The van der Waals surface area contributed by atoms with Crippen molar-refractivity contribution in [3.63, 3.8) is 0 Å². The van der Waals surface area contributed by atoms with Crippen molar-refractivity contribution < 1.29 is 36.8 Å². The summed E-state index contributed by atoms with van der Waals surface area (Å²) in [6.45, 7) is -0.731. The number of halogens is 4. The quantitative estimate of drug-likeness (QED) is 0.317. The van der Waals surface area contributed by atoms with Gasteiger partial charge in [-0.1, -0.05) is 0 Å². The van der Waals surface area contributed by atoms with E-state index in [4.69, 9.17) is 4.74 Å². The van der Waals surface area contributed by atoms with Crippen LogP contribution >= 0.6 is 0 Å². The Kier molecular flexibility index (Phi) is 7.57. The van der Waals surface area contributed by atoms with Crippen LogP contribution in [0.25, 0.3) is 0 Å². The summed E-state index contributed by atoms with van der Waals surface area (Å²) in [6, 6.07) is 5.65. The molecule has 2 rings (SSSR count). The lowest BCUT2D eigenvalue weighted by Gasteiger charge is -2.14. The number of benzene rings is 2. The summed E-state index contributed by atoms with van der Waals surface area (Å²) in [5.74, 6) is -2.55. The van der Waals surface area contributed by atoms with Gasteiger partial charge in [0.25, 0.3) is 11.6 Å². The van der Waals surface area contributed by atoms with Crippen LogP contribution in [0.4, 0.5) is 34.6 Å².